The van der Waals surface area contributed by atoms with E-state index in [0.29, 0.717) is 29.5 Å². The van der Waals surface area contributed by atoms with Gasteiger partial charge in [-0.3, -0.25) is 9.59 Å². The molecule has 3 aromatic rings. The molecule has 7 heteroatoms. The summed E-state index contributed by atoms with van der Waals surface area (Å²) in [6.07, 6.45) is 2.46. The highest BCUT2D eigenvalue weighted by molar-refractivity contribution is 5.95. The Morgan fingerprint density at radius 1 is 1.07 bits per heavy atom. The second-order valence-corrected chi connectivity index (χ2v) is 7.27. The Kier molecular flexibility index (Phi) is 5.37. The number of carbonyl (C=O) groups is 2. The van der Waals surface area contributed by atoms with Crippen molar-refractivity contribution in [2.45, 2.75) is 32.6 Å². The summed E-state index contributed by atoms with van der Waals surface area (Å²) >= 11 is 0. The minimum atomic E-state index is -0.161. The van der Waals surface area contributed by atoms with E-state index in [4.69, 9.17) is 4.52 Å². The minimum Gasteiger partial charge on any atom is -0.339 e. The van der Waals surface area contributed by atoms with E-state index in [9.17, 15) is 9.59 Å². The SMILES string of the molecule is Cc1ccc(-c2noc(CCC(=O)Nc3cccc(NC(=O)C4CC4)c3)n2)cc1. The molecule has 2 aromatic carbocycles. The molecule has 2 amide bonds. The van der Waals surface area contributed by atoms with Crippen molar-refractivity contribution >= 4 is 23.2 Å². The van der Waals surface area contributed by atoms with Gasteiger partial charge in [0.05, 0.1) is 0 Å². The van der Waals surface area contributed by atoms with Crippen LogP contribution in [0.1, 0.15) is 30.7 Å². The molecule has 29 heavy (non-hydrogen) atoms. The van der Waals surface area contributed by atoms with Crippen LogP contribution in [0.25, 0.3) is 11.4 Å². The lowest BCUT2D eigenvalue weighted by Gasteiger charge is -2.08. The maximum atomic E-state index is 12.3. The molecule has 148 valence electrons. The Hall–Kier alpha value is -3.48. The Labute approximate surface area is 168 Å². The predicted octanol–water partition coefficient (Wildman–Crippen LogP) is 3.96. The van der Waals surface area contributed by atoms with E-state index in [1.807, 2.05) is 31.2 Å². The van der Waals surface area contributed by atoms with Gasteiger partial charge in [-0.05, 0) is 38.0 Å². The van der Waals surface area contributed by atoms with Crippen LogP contribution in [-0.4, -0.2) is 22.0 Å². The molecular formula is C22H22N4O3. The number of nitrogens with zero attached hydrogens (tertiary/aromatic N) is 2. The number of carbonyl (C=O) groups excluding carboxylic acids is 2. The number of rotatable bonds is 7. The van der Waals surface area contributed by atoms with Crippen molar-refractivity contribution in [1.29, 1.82) is 0 Å². The van der Waals surface area contributed by atoms with Crippen molar-refractivity contribution in [1.82, 2.24) is 10.1 Å². The van der Waals surface area contributed by atoms with Gasteiger partial charge in [-0.2, -0.15) is 4.98 Å². The van der Waals surface area contributed by atoms with E-state index < -0.39 is 0 Å². The lowest BCUT2D eigenvalue weighted by molar-refractivity contribution is -0.117. The number of hydrogen-bond donors (Lipinski definition) is 2. The lowest BCUT2D eigenvalue weighted by atomic mass is 10.1. The number of nitrogens with one attached hydrogen (secondary N) is 2. The summed E-state index contributed by atoms with van der Waals surface area (Å²) in [5.74, 6) is 0.938. The lowest BCUT2D eigenvalue weighted by Crippen LogP contribution is -2.15. The summed E-state index contributed by atoms with van der Waals surface area (Å²) in [7, 11) is 0. The van der Waals surface area contributed by atoms with E-state index in [1.54, 1.807) is 24.3 Å². The summed E-state index contributed by atoms with van der Waals surface area (Å²) in [5, 5.41) is 9.69. The highest BCUT2D eigenvalue weighted by Crippen LogP contribution is 2.30. The summed E-state index contributed by atoms with van der Waals surface area (Å²) in [6.45, 7) is 2.01. The number of aryl methyl sites for hydroxylation is 2. The Morgan fingerprint density at radius 3 is 2.52 bits per heavy atom. The molecule has 7 nitrogen and oxygen atoms in total. The summed E-state index contributed by atoms with van der Waals surface area (Å²) < 4.78 is 5.25. The van der Waals surface area contributed by atoms with Gasteiger partial charge in [0.2, 0.25) is 23.5 Å². The van der Waals surface area contributed by atoms with Gasteiger partial charge in [-0.25, -0.2) is 0 Å². The first-order valence-corrected chi connectivity index (χ1v) is 9.67. The number of hydrogen-bond acceptors (Lipinski definition) is 5. The van der Waals surface area contributed by atoms with Gasteiger partial charge in [0.25, 0.3) is 0 Å². The van der Waals surface area contributed by atoms with Crippen molar-refractivity contribution in [2.24, 2.45) is 5.92 Å². The minimum absolute atomic E-state index is 0.0363. The molecule has 0 aliphatic heterocycles. The van der Waals surface area contributed by atoms with Gasteiger partial charge in [-0.1, -0.05) is 41.1 Å². The van der Waals surface area contributed by atoms with Gasteiger partial charge < -0.3 is 15.2 Å². The Bertz CT molecular complexity index is 1020. The zero-order valence-electron chi connectivity index (χ0n) is 16.1. The van der Waals surface area contributed by atoms with Crippen molar-refractivity contribution in [2.75, 3.05) is 10.6 Å². The molecule has 1 aliphatic carbocycles. The third-order valence-corrected chi connectivity index (χ3v) is 4.71. The van der Waals surface area contributed by atoms with E-state index >= 15 is 0 Å². The highest BCUT2D eigenvalue weighted by Gasteiger charge is 2.29. The molecule has 2 N–H and O–H groups in total. The normalized spacial score (nSPS) is 13.1. The standard InChI is InChI=1S/C22H22N4O3/c1-14-5-7-15(8-6-14)21-25-20(29-26-21)12-11-19(27)23-17-3-2-4-18(13-17)24-22(28)16-9-10-16/h2-8,13,16H,9-12H2,1H3,(H,23,27)(H,24,28). The first-order valence-electron chi connectivity index (χ1n) is 9.67. The molecule has 4 rings (SSSR count). The second kappa shape index (κ2) is 8.26. The molecule has 1 saturated carbocycles. The Morgan fingerprint density at radius 2 is 1.79 bits per heavy atom. The average Bonchev–Trinajstić information content (AvgIpc) is 3.46. The maximum absolute atomic E-state index is 12.3. The van der Waals surface area contributed by atoms with Crippen LogP contribution in [0.3, 0.4) is 0 Å². The van der Waals surface area contributed by atoms with Crippen LogP contribution in [0.5, 0.6) is 0 Å². The molecule has 0 bridgehead atoms. The third-order valence-electron chi connectivity index (χ3n) is 4.71. The molecule has 1 heterocycles. The molecule has 0 unspecified atom stereocenters. The van der Waals surface area contributed by atoms with Gasteiger partial charge in [0.15, 0.2) is 0 Å². The van der Waals surface area contributed by atoms with Crippen LogP contribution in [0, 0.1) is 12.8 Å². The van der Waals surface area contributed by atoms with Crippen LogP contribution in [0.15, 0.2) is 53.1 Å². The van der Waals surface area contributed by atoms with Gasteiger partial charge in [0, 0.05) is 35.7 Å². The largest absolute Gasteiger partial charge is 0.339 e. The van der Waals surface area contributed by atoms with Crippen molar-refractivity contribution in [3.05, 3.63) is 60.0 Å². The zero-order valence-corrected chi connectivity index (χ0v) is 16.1. The summed E-state index contributed by atoms with van der Waals surface area (Å²) in [4.78, 5) is 28.5. The van der Waals surface area contributed by atoms with Gasteiger partial charge in [-0.15, -0.1) is 0 Å². The molecule has 0 saturated heterocycles. The topological polar surface area (TPSA) is 97.1 Å². The van der Waals surface area contributed by atoms with Crippen LogP contribution in [-0.2, 0) is 16.0 Å². The predicted molar refractivity (Wildman–Crippen MR) is 109 cm³/mol. The van der Waals surface area contributed by atoms with Gasteiger partial charge in [0.1, 0.15) is 0 Å². The Balaban J connectivity index is 1.30. The molecule has 1 fully saturated rings. The monoisotopic (exact) mass is 390 g/mol. The fourth-order valence-corrected chi connectivity index (χ4v) is 2.88. The highest BCUT2D eigenvalue weighted by atomic mass is 16.5. The number of amides is 2. The fraction of sp³-hybridized carbons (Fsp3) is 0.273. The number of benzene rings is 2. The summed E-state index contributed by atoms with van der Waals surface area (Å²) in [6, 6.07) is 15.0. The van der Waals surface area contributed by atoms with Crippen molar-refractivity contribution in [3.8, 4) is 11.4 Å². The third kappa shape index (κ3) is 5.07. The number of anilines is 2. The molecule has 1 aromatic heterocycles. The quantitative estimate of drug-likeness (QED) is 0.636. The van der Waals surface area contributed by atoms with E-state index in [-0.39, 0.29) is 24.2 Å². The van der Waals surface area contributed by atoms with Crippen molar-refractivity contribution < 1.29 is 14.1 Å². The zero-order chi connectivity index (χ0) is 20.2. The molecule has 1 aliphatic rings. The van der Waals surface area contributed by atoms with Gasteiger partial charge >= 0.3 is 0 Å². The molecule has 0 spiro atoms. The van der Waals surface area contributed by atoms with E-state index in [0.717, 1.165) is 24.0 Å². The summed E-state index contributed by atoms with van der Waals surface area (Å²) in [5.41, 5.74) is 3.35. The van der Waals surface area contributed by atoms with Crippen LogP contribution in [0.2, 0.25) is 0 Å². The fourth-order valence-electron chi connectivity index (χ4n) is 2.88. The molecule has 0 atom stereocenters. The first kappa shape index (κ1) is 18.9. The van der Waals surface area contributed by atoms with Crippen LogP contribution in [0.4, 0.5) is 11.4 Å². The van der Waals surface area contributed by atoms with Crippen LogP contribution >= 0.6 is 0 Å². The average molecular weight is 390 g/mol. The molecular weight excluding hydrogens is 368 g/mol. The second-order valence-electron chi connectivity index (χ2n) is 7.27. The van der Waals surface area contributed by atoms with Crippen molar-refractivity contribution in [3.63, 3.8) is 0 Å². The van der Waals surface area contributed by atoms with Crippen LogP contribution < -0.4 is 10.6 Å². The van der Waals surface area contributed by atoms with E-state index in [1.165, 1.54) is 0 Å². The smallest absolute Gasteiger partial charge is 0.227 e. The first-order chi connectivity index (χ1) is 14.1. The van der Waals surface area contributed by atoms with E-state index in [2.05, 4.69) is 20.8 Å². The number of aromatic nitrogens is 2. The molecule has 0 radical (unpaired) electrons. The maximum Gasteiger partial charge on any atom is 0.227 e.